The summed E-state index contributed by atoms with van der Waals surface area (Å²) in [6.45, 7) is 0. The summed E-state index contributed by atoms with van der Waals surface area (Å²) in [6.07, 6.45) is 9.56. The van der Waals surface area contributed by atoms with Crippen LogP contribution >= 0.6 is 0 Å². The highest BCUT2D eigenvalue weighted by Gasteiger charge is 2.54. The first-order valence-corrected chi connectivity index (χ1v) is 9.62. The van der Waals surface area contributed by atoms with Crippen molar-refractivity contribution in [1.82, 2.24) is 9.97 Å². The monoisotopic (exact) mass is 368 g/mol. The van der Waals surface area contributed by atoms with Crippen molar-refractivity contribution in [3.63, 3.8) is 0 Å². The SMILES string of the molecule is COC(=O)N=Cc1cnc2[nH]ccc2c1NC1C2CC3CC1CC(O)(C3)C2. The molecule has 0 radical (unpaired) electrons. The highest BCUT2D eigenvalue weighted by atomic mass is 16.5. The number of ether oxygens (including phenoxy) is 1. The zero-order chi connectivity index (χ0) is 18.6. The number of aromatic amines is 1. The van der Waals surface area contributed by atoms with Crippen LogP contribution in [-0.4, -0.2) is 46.1 Å². The van der Waals surface area contributed by atoms with E-state index in [9.17, 15) is 9.90 Å². The number of anilines is 1. The average Bonchev–Trinajstić information content (AvgIpc) is 3.10. The van der Waals surface area contributed by atoms with E-state index in [-0.39, 0.29) is 0 Å². The van der Waals surface area contributed by atoms with Crippen LogP contribution in [0.2, 0.25) is 0 Å². The fourth-order valence-electron chi connectivity index (χ4n) is 5.84. The molecule has 2 aromatic rings. The summed E-state index contributed by atoms with van der Waals surface area (Å²) in [6, 6.07) is 2.32. The molecular formula is C20H24N4O3. The number of nitrogens with zero attached hydrogens (tertiary/aromatic N) is 2. The lowest BCUT2D eigenvalue weighted by atomic mass is 9.52. The van der Waals surface area contributed by atoms with Gasteiger partial charge in [-0.3, -0.25) is 0 Å². The Balaban J connectivity index is 1.50. The summed E-state index contributed by atoms with van der Waals surface area (Å²) in [5.74, 6) is 1.62. The second-order valence-corrected chi connectivity index (χ2v) is 8.42. The Labute approximate surface area is 157 Å². The third-order valence-electron chi connectivity index (χ3n) is 6.65. The molecule has 2 unspecified atom stereocenters. The van der Waals surface area contributed by atoms with Gasteiger partial charge in [0.2, 0.25) is 0 Å². The maximum absolute atomic E-state index is 11.4. The van der Waals surface area contributed by atoms with Gasteiger partial charge in [-0.25, -0.2) is 9.78 Å². The second kappa shape index (κ2) is 6.05. The number of aliphatic hydroxyl groups is 1. The van der Waals surface area contributed by atoms with Gasteiger partial charge < -0.3 is 20.1 Å². The fourth-order valence-corrected chi connectivity index (χ4v) is 5.84. The molecule has 0 aromatic carbocycles. The van der Waals surface area contributed by atoms with Gasteiger partial charge in [0, 0.05) is 35.6 Å². The highest BCUT2D eigenvalue weighted by Crippen LogP contribution is 2.56. The van der Waals surface area contributed by atoms with Crippen LogP contribution in [0, 0.1) is 17.8 Å². The number of carbonyl (C=O) groups excluding carboxylic acids is 1. The molecule has 3 N–H and O–H groups in total. The van der Waals surface area contributed by atoms with E-state index in [4.69, 9.17) is 0 Å². The van der Waals surface area contributed by atoms with Crippen molar-refractivity contribution in [3.05, 3.63) is 24.0 Å². The molecule has 7 nitrogen and oxygen atoms in total. The first kappa shape index (κ1) is 16.7. The molecule has 0 aliphatic heterocycles. The van der Waals surface area contributed by atoms with Gasteiger partial charge in [-0.2, -0.15) is 4.99 Å². The molecule has 2 heterocycles. The van der Waals surface area contributed by atoms with Crippen LogP contribution in [0.1, 0.15) is 37.7 Å². The third-order valence-corrected chi connectivity index (χ3v) is 6.65. The van der Waals surface area contributed by atoms with Crippen molar-refractivity contribution in [2.75, 3.05) is 12.4 Å². The van der Waals surface area contributed by atoms with Crippen LogP contribution < -0.4 is 5.32 Å². The maximum atomic E-state index is 11.4. The number of aromatic nitrogens is 2. The van der Waals surface area contributed by atoms with Crippen molar-refractivity contribution in [2.45, 2.75) is 43.7 Å². The molecule has 2 atom stereocenters. The van der Waals surface area contributed by atoms with E-state index in [1.807, 2.05) is 12.3 Å². The molecule has 1 amide bonds. The van der Waals surface area contributed by atoms with E-state index >= 15 is 0 Å². The predicted octanol–water partition coefficient (Wildman–Crippen LogP) is 3.10. The smallest absolute Gasteiger partial charge is 0.433 e. The quantitative estimate of drug-likeness (QED) is 0.723. The van der Waals surface area contributed by atoms with E-state index in [1.54, 1.807) is 6.20 Å². The summed E-state index contributed by atoms with van der Waals surface area (Å²) in [5, 5.41) is 15.6. The van der Waals surface area contributed by atoms with Crippen molar-refractivity contribution in [2.24, 2.45) is 22.7 Å². The Bertz CT molecular complexity index is 905. The third kappa shape index (κ3) is 2.81. The number of pyridine rings is 1. The minimum atomic E-state index is -0.632. The number of rotatable bonds is 3. The minimum absolute atomic E-state index is 0.326. The van der Waals surface area contributed by atoms with Crippen LogP contribution in [0.15, 0.2) is 23.5 Å². The largest absolute Gasteiger partial charge is 0.451 e. The lowest BCUT2D eigenvalue weighted by Crippen LogP contribution is -2.59. The average molecular weight is 368 g/mol. The molecular weight excluding hydrogens is 344 g/mol. The number of aliphatic imine (C=N–C) groups is 1. The second-order valence-electron chi connectivity index (χ2n) is 8.42. The zero-order valence-corrected chi connectivity index (χ0v) is 15.3. The molecule has 4 saturated carbocycles. The zero-order valence-electron chi connectivity index (χ0n) is 15.3. The Morgan fingerprint density at radius 2 is 2.19 bits per heavy atom. The van der Waals surface area contributed by atoms with Gasteiger partial charge in [0.25, 0.3) is 0 Å². The van der Waals surface area contributed by atoms with Gasteiger partial charge in [-0.1, -0.05) is 0 Å². The summed E-state index contributed by atoms with van der Waals surface area (Å²) < 4.78 is 4.61. The molecule has 4 bridgehead atoms. The first-order valence-electron chi connectivity index (χ1n) is 9.62. The van der Waals surface area contributed by atoms with Crippen molar-refractivity contribution in [3.8, 4) is 0 Å². The van der Waals surface area contributed by atoms with E-state index in [2.05, 4.69) is 25.0 Å². The highest BCUT2D eigenvalue weighted by molar-refractivity contribution is 6.02. The van der Waals surface area contributed by atoms with Crippen molar-refractivity contribution < 1.29 is 14.6 Å². The fraction of sp³-hybridized carbons (Fsp3) is 0.550. The molecule has 0 spiro atoms. The Hall–Kier alpha value is -2.41. The lowest BCUT2D eigenvalue weighted by molar-refractivity contribution is -0.129. The summed E-state index contributed by atoms with van der Waals surface area (Å²) >= 11 is 0. The Morgan fingerprint density at radius 3 is 2.89 bits per heavy atom. The van der Waals surface area contributed by atoms with Gasteiger partial charge in [0.1, 0.15) is 5.65 Å². The molecule has 4 fully saturated rings. The molecule has 2 aromatic heterocycles. The number of nitrogens with one attached hydrogen (secondary N) is 2. The van der Waals surface area contributed by atoms with Crippen LogP contribution in [0.4, 0.5) is 10.5 Å². The summed E-state index contributed by atoms with van der Waals surface area (Å²) in [4.78, 5) is 22.9. The van der Waals surface area contributed by atoms with Gasteiger partial charge >= 0.3 is 6.09 Å². The standard InChI is InChI=1S/C20H24N4O3/c1-27-19(25)23-10-14-9-22-18-15(2-3-21-18)17(14)24-16-12-4-11-5-13(16)8-20(26,6-11)7-12/h2-3,9-13,16,26H,4-8H2,1H3,(H2,21,22,24). The van der Waals surface area contributed by atoms with Crippen LogP contribution in [0.25, 0.3) is 11.0 Å². The molecule has 7 heteroatoms. The number of methoxy groups -OCH3 is 1. The van der Waals surface area contributed by atoms with Crippen LogP contribution in [-0.2, 0) is 4.74 Å². The molecule has 27 heavy (non-hydrogen) atoms. The van der Waals surface area contributed by atoms with E-state index in [1.165, 1.54) is 26.2 Å². The topological polar surface area (TPSA) is 99.6 Å². The number of carbonyl (C=O) groups is 1. The normalized spacial score (nSPS) is 34.4. The number of hydrogen-bond donors (Lipinski definition) is 3. The number of fused-ring (bicyclic) bond motifs is 1. The van der Waals surface area contributed by atoms with E-state index in [0.29, 0.717) is 23.8 Å². The Morgan fingerprint density at radius 1 is 1.41 bits per heavy atom. The van der Waals surface area contributed by atoms with Crippen molar-refractivity contribution in [1.29, 1.82) is 0 Å². The van der Waals surface area contributed by atoms with E-state index in [0.717, 1.165) is 41.5 Å². The number of amides is 1. The van der Waals surface area contributed by atoms with Gasteiger partial charge in [-0.05, 0) is 55.9 Å². The van der Waals surface area contributed by atoms with E-state index < -0.39 is 11.7 Å². The number of H-pyrrole nitrogens is 1. The molecule has 4 aliphatic rings. The predicted molar refractivity (Wildman–Crippen MR) is 102 cm³/mol. The van der Waals surface area contributed by atoms with Gasteiger partial charge in [0.15, 0.2) is 0 Å². The molecule has 4 aliphatic carbocycles. The lowest BCUT2D eigenvalue weighted by Gasteiger charge is -2.58. The van der Waals surface area contributed by atoms with Crippen LogP contribution in [0.3, 0.4) is 0 Å². The van der Waals surface area contributed by atoms with Crippen LogP contribution in [0.5, 0.6) is 0 Å². The maximum Gasteiger partial charge on any atom is 0.433 e. The van der Waals surface area contributed by atoms with Gasteiger partial charge in [0.05, 0.1) is 18.4 Å². The molecule has 0 saturated heterocycles. The van der Waals surface area contributed by atoms with Crippen molar-refractivity contribution >= 4 is 29.0 Å². The summed E-state index contributed by atoms with van der Waals surface area (Å²) in [5.41, 5.74) is 2.06. The first-order chi connectivity index (χ1) is 13.0. The number of hydrogen-bond acceptors (Lipinski definition) is 5. The Kier molecular flexibility index (Phi) is 3.75. The molecule has 142 valence electrons. The van der Waals surface area contributed by atoms with Gasteiger partial charge in [-0.15, -0.1) is 0 Å². The summed E-state index contributed by atoms with van der Waals surface area (Å²) in [7, 11) is 1.31. The minimum Gasteiger partial charge on any atom is -0.451 e. The molecule has 6 rings (SSSR count).